The quantitative estimate of drug-likeness (QED) is 0.726. The fourth-order valence-corrected chi connectivity index (χ4v) is 3.15. The van der Waals surface area contributed by atoms with Crippen molar-refractivity contribution in [3.05, 3.63) is 36.2 Å². The first kappa shape index (κ1) is 8.50. The van der Waals surface area contributed by atoms with Gasteiger partial charge in [0.1, 0.15) is 5.82 Å². The molecule has 1 aromatic carbocycles. The minimum Gasteiger partial charge on any atom is -0.308 e. The molecule has 2 aliphatic rings. The summed E-state index contributed by atoms with van der Waals surface area (Å²) in [6.07, 6.45) is 3.89. The van der Waals surface area contributed by atoms with Crippen LogP contribution >= 0.6 is 0 Å². The van der Waals surface area contributed by atoms with Crippen LogP contribution < -0.4 is 0 Å². The molecule has 0 saturated heterocycles. The molecule has 1 aromatic heterocycles. The summed E-state index contributed by atoms with van der Waals surface area (Å²) in [6, 6.07) is 11.0. The molecule has 2 atom stereocenters. The second kappa shape index (κ2) is 2.94. The summed E-state index contributed by atoms with van der Waals surface area (Å²) in [5, 5.41) is 8.73. The highest BCUT2D eigenvalue weighted by atomic mass is 15.3. The Hall–Kier alpha value is -1.64. The molecule has 1 fully saturated rings. The first-order valence-corrected chi connectivity index (χ1v) is 5.93. The Kier molecular flexibility index (Phi) is 1.56. The van der Waals surface area contributed by atoms with Crippen molar-refractivity contribution < 1.29 is 0 Å². The van der Waals surface area contributed by atoms with Crippen molar-refractivity contribution in [2.24, 2.45) is 0 Å². The Morgan fingerprint density at radius 3 is 2.81 bits per heavy atom. The maximum atomic E-state index is 4.37. The lowest BCUT2D eigenvalue weighted by Gasteiger charge is -2.14. The van der Waals surface area contributed by atoms with Gasteiger partial charge in [0.15, 0.2) is 5.82 Å². The van der Waals surface area contributed by atoms with Gasteiger partial charge in [-0.15, -0.1) is 10.2 Å². The zero-order valence-corrected chi connectivity index (χ0v) is 9.00. The van der Waals surface area contributed by atoms with Gasteiger partial charge in [-0.3, -0.25) is 0 Å². The molecule has 2 bridgehead atoms. The first-order chi connectivity index (χ1) is 7.93. The van der Waals surface area contributed by atoms with Gasteiger partial charge >= 0.3 is 0 Å². The largest absolute Gasteiger partial charge is 0.308 e. The van der Waals surface area contributed by atoms with Gasteiger partial charge in [0.25, 0.3) is 0 Å². The van der Waals surface area contributed by atoms with Gasteiger partial charge in [-0.1, -0.05) is 30.3 Å². The Morgan fingerprint density at radius 1 is 1.06 bits per heavy atom. The molecule has 3 nitrogen and oxygen atoms in total. The molecule has 16 heavy (non-hydrogen) atoms. The van der Waals surface area contributed by atoms with E-state index in [1.165, 1.54) is 30.7 Å². The summed E-state index contributed by atoms with van der Waals surface area (Å²) in [5.74, 6) is 2.95. The van der Waals surface area contributed by atoms with Gasteiger partial charge in [-0.25, -0.2) is 0 Å². The molecule has 2 aromatic rings. The van der Waals surface area contributed by atoms with Crippen molar-refractivity contribution in [3.8, 4) is 11.4 Å². The molecule has 0 N–H and O–H groups in total. The van der Waals surface area contributed by atoms with E-state index in [2.05, 4.69) is 39.0 Å². The lowest BCUT2D eigenvalue weighted by Crippen LogP contribution is -2.07. The molecule has 0 amide bonds. The van der Waals surface area contributed by atoms with E-state index in [1.807, 2.05) is 6.07 Å². The van der Waals surface area contributed by atoms with E-state index in [1.54, 1.807) is 0 Å². The van der Waals surface area contributed by atoms with E-state index in [0.717, 1.165) is 5.82 Å². The third kappa shape index (κ3) is 0.979. The smallest absolute Gasteiger partial charge is 0.164 e. The monoisotopic (exact) mass is 211 g/mol. The fourth-order valence-electron chi connectivity index (χ4n) is 3.15. The van der Waals surface area contributed by atoms with Crippen molar-refractivity contribution in [1.82, 2.24) is 14.8 Å². The van der Waals surface area contributed by atoms with Crippen LogP contribution in [0.3, 0.4) is 0 Å². The van der Waals surface area contributed by atoms with E-state index in [0.29, 0.717) is 12.0 Å². The number of rotatable bonds is 1. The SMILES string of the molecule is c1ccc(-c2nnc3n2C2CCC3C2)cc1. The van der Waals surface area contributed by atoms with E-state index >= 15 is 0 Å². The molecule has 2 unspecified atom stereocenters. The molecule has 0 spiro atoms. The Balaban J connectivity index is 1.90. The molecular formula is C13H13N3. The summed E-state index contributed by atoms with van der Waals surface area (Å²) in [5.41, 5.74) is 1.19. The van der Waals surface area contributed by atoms with Gasteiger partial charge < -0.3 is 4.57 Å². The van der Waals surface area contributed by atoms with Gasteiger partial charge in [0, 0.05) is 17.5 Å². The third-order valence-corrected chi connectivity index (χ3v) is 3.89. The summed E-state index contributed by atoms with van der Waals surface area (Å²) in [7, 11) is 0. The zero-order chi connectivity index (χ0) is 10.5. The van der Waals surface area contributed by atoms with Crippen LogP contribution in [-0.2, 0) is 0 Å². The topological polar surface area (TPSA) is 30.7 Å². The number of hydrogen-bond acceptors (Lipinski definition) is 2. The summed E-state index contributed by atoms with van der Waals surface area (Å²) in [6.45, 7) is 0. The Labute approximate surface area is 94.1 Å². The van der Waals surface area contributed by atoms with Crippen molar-refractivity contribution in [2.45, 2.75) is 31.2 Å². The van der Waals surface area contributed by atoms with Gasteiger partial charge in [0.2, 0.25) is 0 Å². The summed E-state index contributed by atoms with van der Waals surface area (Å²) >= 11 is 0. The lowest BCUT2D eigenvalue weighted by molar-refractivity contribution is 0.530. The standard InChI is InChI=1S/C13H13N3/c1-2-4-9(5-3-1)12-14-15-13-10-6-7-11(8-10)16(12)13/h1-5,10-11H,6-8H2. The Morgan fingerprint density at radius 2 is 1.94 bits per heavy atom. The number of nitrogens with zero attached hydrogens (tertiary/aromatic N) is 3. The van der Waals surface area contributed by atoms with Gasteiger partial charge in [-0.05, 0) is 19.3 Å². The van der Waals surface area contributed by atoms with Crippen LogP contribution in [0.25, 0.3) is 11.4 Å². The van der Waals surface area contributed by atoms with Crippen LogP contribution in [-0.4, -0.2) is 14.8 Å². The number of aromatic nitrogens is 3. The van der Waals surface area contributed by atoms with Crippen molar-refractivity contribution in [3.63, 3.8) is 0 Å². The molecule has 2 heterocycles. The van der Waals surface area contributed by atoms with Crippen LogP contribution in [0.4, 0.5) is 0 Å². The summed E-state index contributed by atoms with van der Waals surface area (Å²) < 4.78 is 2.36. The lowest BCUT2D eigenvalue weighted by atomic mass is 10.1. The number of fused-ring (bicyclic) bond motifs is 5. The Bertz CT molecular complexity index is 529. The van der Waals surface area contributed by atoms with Crippen molar-refractivity contribution >= 4 is 0 Å². The number of benzene rings is 1. The molecule has 3 heteroatoms. The highest BCUT2D eigenvalue weighted by Gasteiger charge is 2.40. The highest BCUT2D eigenvalue weighted by Crippen LogP contribution is 2.49. The average Bonchev–Trinajstić information content (AvgIpc) is 3.03. The van der Waals surface area contributed by atoms with Gasteiger partial charge in [-0.2, -0.15) is 0 Å². The molecule has 1 aliphatic carbocycles. The highest BCUT2D eigenvalue weighted by molar-refractivity contribution is 5.56. The zero-order valence-electron chi connectivity index (χ0n) is 9.00. The van der Waals surface area contributed by atoms with Crippen LogP contribution in [0.5, 0.6) is 0 Å². The summed E-state index contributed by atoms with van der Waals surface area (Å²) in [4.78, 5) is 0. The molecule has 80 valence electrons. The maximum absolute atomic E-state index is 4.37. The number of hydrogen-bond donors (Lipinski definition) is 0. The van der Waals surface area contributed by atoms with Gasteiger partial charge in [0.05, 0.1) is 0 Å². The maximum Gasteiger partial charge on any atom is 0.164 e. The van der Waals surface area contributed by atoms with E-state index in [4.69, 9.17) is 0 Å². The predicted octanol–water partition coefficient (Wildman–Crippen LogP) is 2.77. The minimum absolute atomic E-state index is 0.658. The second-order valence-corrected chi connectivity index (χ2v) is 4.78. The van der Waals surface area contributed by atoms with Crippen LogP contribution in [0.15, 0.2) is 30.3 Å². The molecular weight excluding hydrogens is 198 g/mol. The average molecular weight is 211 g/mol. The van der Waals surface area contributed by atoms with E-state index in [-0.39, 0.29) is 0 Å². The normalized spacial score (nSPS) is 26.0. The molecule has 1 aliphatic heterocycles. The van der Waals surface area contributed by atoms with E-state index in [9.17, 15) is 0 Å². The molecule has 0 radical (unpaired) electrons. The molecule has 4 rings (SSSR count). The van der Waals surface area contributed by atoms with Crippen LogP contribution in [0, 0.1) is 0 Å². The third-order valence-electron chi connectivity index (χ3n) is 3.89. The van der Waals surface area contributed by atoms with Crippen molar-refractivity contribution in [2.75, 3.05) is 0 Å². The molecule has 1 saturated carbocycles. The fraction of sp³-hybridized carbons (Fsp3) is 0.385. The predicted molar refractivity (Wildman–Crippen MR) is 61.1 cm³/mol. The van der Waals surface area contributed by atoms with Crippen LogP contribution in [0.2, 0.25) is 0 Å². The second-order valence-electron chi connectivity index (χ2n) is 4.78. The minimum atomic E-state index is 0.658. The van der Waals surface area contributed by atoms with Crippen LogP contribution in [0.1, 0.15) is 37.0 Å². The van der Waals surface area contributed by atoms with Crippen molar-refractivity contribution in [1.29, 1.82) is 0 Å². The first-order valence-electron chi connectivity index (χ1n) is 5.93. The van der Waals surface area contributed by atoms with E-state index < -0.39 is 0 Å².